The van der Waals surface area contributed by atoms with Crippen LogP contribution in [0, 0.1) is 0 Å². The van der Waals surface area contributed by atoms with Crippen LogP contribution in [0.25, 0.3) is 5.69 Å². The number of carbonyl (C=O) groups excluding carboxylic acids is 1. The molecule has 7 heteroatoms. The van der Waals surface area contributed by atoms with Crippen molar-refractivity contribution in [2.24, 2.45) is 0 Å². The number of aromatic nitrogens is 2. The first-order valence-corrected chi connectivity index (χ1v) is 8.56. The van der Waals surface area contributed by atoms with Gasteiger partial charge in [-0.3, -0.25) is 4.79 Å². The summed E-state index contributed by atoms with van der Waals surface area (Å²) in [5.74, 6) is 0.410. The maximum atomic E-state index is 12.7. The molecule has 1 saturated carbocycles. The van der Waals surface area contributed by atoms with E-state index >= 15 is 0 Å². The van der Waals surface area contributed by atoms with Gasteiger partial charge in [-0.05, 0) is 49.2 Å². The van der Waals surface area contributed by atoms with Crippen LogP contribution < -0.4 is 5.32 Å². The van der Waals surface area contributed by atoms with Crippen molar-refractivity contribution < 1.29 is 18.0 Å². The predicted molar refractivity (Wildman–Crippen MR) is 94.9 cm³/mol. The number of hydrogen-bond acceptors (Lipinski definition) is 2. The molecule has 4 nitrogen and oxygen atoms in total. The number of nitrogens with one attached hydrogen (secondary N) is 1. The van der Waals surface area contributed by atoms with Crippen LogP contribution in [-0.2, 0) is 6.18 Å². The molecule has 2 aromatic carbocycles. The highest BCUT2D eigenvalue weighted by Crippen LogP contribution is 2.40. The average molecular weight is 371 g/mol. The van der Waals surface area contributed by atoms with Crippen LogP contribution in [0.4, 0.5) is 19.0 Å². The van der Waals surface area contributed by atoms with Crippen molar-refractivity contribution in [1.29, 1.82) is 0 Å². The molecule has 1 N–H and O–H groups in total. The van der Waals surface area contributed by atoms with Crippen molar-refractivity contribution in [3.8, 4) is 5.69 Å². The molecular weight excluding hydrogens is 355 g/mol. The van der Waals surface area contributed by atoms with Gasteiger partial charge in [0.2, 0.25) is 0 Å². The number of para-hydroxylation sites is 1. The zero-order valence-corrected chi connectivity index (χ0v) is 14.2. The summed E-state index contributed by atoms with van der Waals surface area (Å²) >= 11 is 0. The Morgan fingerprint density at radius 1 is 1.04 bits per heavy atom. The molecule has 1 fully saturated rings. The molecule has 0 aliphatic heterocycles. The topological polar surface area (TPSA) is 46.9 Å². The standard InChI is InChI=1S/C20H16F3N3O/c21-20(22,23)15-10-8-14(9-11-15)19(27)24-18-12-17(13-6-7-13)25-26(18)16-4-2-1-3-5-16/h1-5,8-13H,6-7H2,(H,24,27). The maximum absolute atomic E-state index is 12.7. The molecule has 27 heavy (non-hydrogen) atoms. The van der Waals surface area contributed by atoms with Crippen molar-refractivity contribution in [3.63, 3.8) is 0 Å². The second-order valence-corrected chi connectivity index (χ2v) is 6.51. The molecule has 1 aliphatic carbocycles. The monoisotopic (exact) mass is 371 g/mol. The summed E-state index contributed by atoms with van der Waals surface area (Å²) in [5.41, 5.74) is 1.06. The van der Waals surface area contributed by atoms with Gasteiger partial charge in [-0.15, -0.1) is 0 Å². The zero-order valence-electron chi connectivity index (χ0n) is 14.2. The Labute approximate surface area is 153 Å². The molecule has 0 radical (unpaired) electrons. The van der Waals surface area contributed by atoms with Gasteiger partial charge in [0.25, 0.3) is 5.91 Å². The van der Waals surface area contributed by atoms with Gasteiger partial charge in [0.05, 0.1) is 16.9 Å². The number of alkyl halides is 3. The van der Waals surface area contributed by atoms with Crippen LogP contribution in [0.3, 0.4) is 0 Å². The number of rotatable bonds is 4. The number of amides is 1. The minimum Gasteiger partial charge on any atom is -0.306 e. The van der Waals surface area contributed by atoms with E-state index in [0.29, 0.717) is 11.7 Å². The molecule has 0 saturated heterocycles. The van der Waals surface area contributed by atoms with E-state index in [1.165, 1.54) is 12.1 Å². The minimum atomic E-state index is -4.43. The zero-order chi connectivity index (χ0) is 19.0. The summed E-state index contributed by atoms with van der Waals surface area (Å²) in [6, 6.07) is 15.3. The lowest BCUT2D eigenvalue weighted by atomic mass is 10.1. The Morgan fingerprint density at radius 2 is 1.70 bits per heavy atom. The number of nitrogens with zero attached hydrogens (tertiary/aromatic N) is 2. The Balaban J connectivity index is 1.61. The predicted octanol–water partition coefficient (Wildman–Crippen LogP) is 5.02. The SMILES string of the molecule is O=C(Nc1cc(C2CC2)nn1-c1ccccc1)c1ccc(C(F)(F)F)cc1. The highest BCUT2D eigenvalue weighted by atomic mass is 19.4. The summed E-state index contributed by atoms with van der Waals surface area (Å²) in [5, 5.41) is 7.36. The third-order valence-corrected chi connectivity index (χ3v) is 4.44. The molecule has 138 valence electrons. The van der Waals surface area contributed by atoms with Gasteiger partial charge in [-0.1, -0.05) is 18.2 Å². The van der Waals surface area contributed by atoms with E-state index in [2.05, 4.69) is 10.4 Å². The maximum Gasteiger partial charge on any atom is 0.416 e. The van der Waals surface area contributed by atoms with Gasteiger partial charge in [0, 0.05) is 17.5 Å². The lowest BCUT2D eigenvalue weighted by Crippen LogP contribution is -2.15. The lowest BCUT2D eigenvalue weighted by Gasteiger charge is -2.10. The Kier molecular flexibility index (Phi) is 4.22. The van der Waals surface area contributed by atoms with Gasteiger partial charge in [-0.25, -0.2) is 4.68 Å². The Hall–Kier alpha value is -3.09. The van der Waals surface area contributed by atoms with E-state index in [1.807, 2.05) is 36.4 Å². The molecule has 0 bridgehead atoms. The summed E-state index contributed by atoms with van der Waals surface area (Å²) in [4.78, 5) is 12.5. The van der Waals surface area contributed by atoms with Crippen molar-refractivity contribution in [2.45, 2.75) is 24.9 Å². The fourth-order valence-electron chi connectivity index (χ4n) is 2.83. The number of anilines is 1. The third kappa shape index (κ3) is 3.72. The second kappa shape index (κ2) is 6.57. The summed E-state index contributed by atoms with van der Waals surface area (Å²) in [7, 11) is 0. The molecule has 1 heterocycles. The highest BCUT2D eigenvalue weighted by molar-refractivity contribution is 6.04. The molecule has 3 aromatic rings. The highest BCUT2D eigenvalue weighted by Gasteiger charge is 2.30. The molecule has 4 rings (SSSR count). The molecule has 0 atom stereocenters. The second-order valence-electron chi connectivity index (χ2n) is 6.51. The van der Waals surface area contributed by atoms with E-state index in [-0.39, 0.29) is 5.56 Å². The number of hydrogen-bond donors (Lipinski definition) is 1. The largest absolute Gasteiger partial charge is 0.416 e. The molecular formula is C20H16F3N3O. The summed E-state index contributed by atoms with van der Waals surface area (Å²) < 4.78 is 39.7. The van der Waals surface area contributed by atoms with Gasteiger partial charge >= 0.3 is 6.18 Å². The van der Waals surface area contributed by atoms with Crippen LogP contribution in [0.2, 0.25) is 0 Å². The van der Waals surface area contributed by atoms with Crippen LogP contribution in [-0.4, -0.2) is 15.7 Å². The first kappa shape index (κ1) is 17.3. The summed E-state index contributed by atoms with van der Waals surface area (Å²) in [6.07, 6.45) is -2.30. The van der Waals surface area contributed by atoms with Crippen LogP contribution in [0.1, 0.15) is 40.4 Å². The van der Waals surface area contributed by atoms with Crippen LogP contribution >= 0.6 is 0 Å². The van der Waals surface area contributed by atoms with Gasteiger partial charge in [0.1, 0.15) is 5.82 Å². The van der Waals surface area contributed by atoms with Crippen LogP contribution in [0.5, 0.6) is 0 Å². The fraction of sp³-hybridized carbons (Fsp3) is 0.200. The van der Waals surface area contributed by atoms with Gasteiger partial charge in [-0.2, -0.15) is 18.3 Å². The minimum absolute atomic E-state index is 0.150. The molecule has 0 spiro atoms. The van der Waals surface area contributed by atoms with Crippen molar-refractivity contribution in [3.05, 3.63) is 77.5 Å². The van der Waals surface area contributed by atoms with E-state index < -0.39 is 17.6 Å². The number of halogens is 3. The quantitative estimate of drug-likeness (QED) is 0.700. The smallest absolute Gasteiger partial charge is 0.306 e. The molecule has 1 amide bonds. The third-order valence-electron chi connectivity index (χ3n) is 4.44. The van der Waals surface area contributed by atoms with Crippen LogP contribution in [0.15, 0.2) is 60.7 Å². The Bertz CT molecular complexity index is 958. The van der Waals surface area contributed by atoms with E-state index in [0.717, 1.165) is 36.4 Å². The average Bonchev–Trinajstić information content (AvgIpc) is 3.43. The van der Waals surface area contributed by atoms with Gasteiger partial charge < -0.3 is 5.32 Å². The fourth-order valence-corrected chi connectivity index (χ4v) is 2.83. The molecule has 0 unspecified atom stereocenters. The van der Waals surface area contributed by atoms with E-state index in [9.17, 15) is 18.0 Å². The van der Waals surface area contributed by atoms with Gasteiger partial charge in [0.15, 0.2) is 0 Å². The number of benzene rings is 2. The molecule has 1 aliphatic rings. The lowest BCUT2D eigenvalue weighted by molar-refractivity contribution is -0.137. The van der Waals surface area contributed by atoms with Crippen molar-refractivity contribution in [1.82, 2.24) is 9.78 Å². The first-order chi connectivity index (χ1) is 12.9. The van der Waals surface area contributed by atoms with E-state index in [4.69, 9.17) is 0 Å². The number of carbonyl (C=O) groups is 1. The van der Waals surface area contributed by atoms with Crippen molar-refractivity contribution in [2.75, 3.05) is 5.32 Å². The summed E-state index contributed by atoms with van der Waals surface area (Å²) in [6.45, 7) is 0. The normalized spacial score (nSPS) is 14.2. The molecule has 1 aromatic heterocycles. The van der Waals surface area contributed by atoms with Crippen molar-refractivity contribution >= 4 is 11.7 Å². The first-order valence-electron chi connectivity index (χ1n) is 8.56. The van der Waals surface area contributed by atoms with E-state index in [1.54, 1.807) is 4.68 Å². The Morgan fingerprint density at radius 3 is 2.30 bits per heavy atom.